The number of amides is 2. The number of nitrogens with two attached hydrogens (primary N) is 1. The zero-order valence-electron chi connectivity index (χ0n) is 17.7. The van der Waals surface area contributed by atoms with Crippen molar-refractivity contribution in [2.45, 2.75) is 77.4 Å². The second kappa shape index (κ2) is 7.54. The number of nitrogens with one attached hydrogen (secondary N) is 1. The summed E-state index contributed by atoms with van der Waals surface area (Å²) in [5.41, 5.74) is 3.14. The van der Waals surface area contributed by atoms with Gasteiger partial charge in [-0.1, -0.05) is 20.8 Å². The first-order chi connectivity index (χ1) is 12.0. The molecule has 0 saturated carbocycles. The van der Waals surface area contributed by atoms with Crippen molar-refractivity contribution in [3.8, 4) is 0 Å². The molecule has 0 unspecified atom stereocenters. The first-order valence-electron chi connectivity index (χ1n) is 8.71. The molecule has 0 fully saturated rings. The number of aromatic nitrogens is 4. The molecule has 154 valence electrons. The molecule has 0 spiro atoms. The molecular formula is C16H32N6O4Si. The number of aromatic amines is 1. The quantitative estimate of drug-likeness (QED) is 0.551. The summed E-state index contributed by atoms with van der Waals surface area (Å²) in [6.45, 7) is 15.3. The summed E-state index contributed by atoms with van der Waals surface area (Å²) in [6.07, 6.45) is -1.03. The van der Waals surface area contributed by atoms with E-state index in [9.17, 15) is 9.59 Å². The molecule has 11 heteroatoms. The highest BCUT2D eigenvalue weighted by Gasteiger charge is 2.53. The van der Waals surface area contributed by atoms with E-state index in [1.807, 2.05) is 33.9 Å². The van der Waals surface area contributed by atoms with E-state index in [-0.39, 0.29) is 17.3 Å². The number of hydrogen-bond donors (Lipinski definition) is 2. The fourth-order valence-corrected chi connectivity index (χ4v) is 3.57. The average molecular weight is 401 g/mol. The SMILES string of the molecule is CN(C(=O)OC(C)(C)C)[C@](CC(N)=O)(O[Si](C)(C)C(C)(C)C)c1nn[nH]n1. The normalized spacial score (nSPS) is 15.1. The molecule has 1 rings (SSSR count). The lowest BCUT2D eigenvalue weighted by atomic mass is 10.1. The minimum atomic E-state index is -2.51. The van der Waals surface area contributed by atoms with E-state index < -0.39 is 31.6 Å². The lowest BCUT2D eigenvalue weighted by molar-refractivity contribution is -0.135. The van der Waals surface area contributed by atoms with Crippen LogP contribution in [-0.4, -0.2) is 58.5 Å². The number of rotatable bonds is 6. The van der Waals surface area contributed by atoms with Gasteiger partial charge in [-0.3, -0.25) is 9.69 Å². The predicted octanol–water partition coefficient (Wildman–Crippen LogP) is 2.12. The Morgan fingerprint density at radius 3 is 2.11 bits per heavy atom. The number of carbonyl (C=O) groups is 2. The topological polar surface area (TPSA) is 136 Å². The first-order valence-corrected chi connectivity index (χ1v) is 11.6. The maximum absolute atomic E-state index is 12.8. The molecule has 0 aromatic carbocycles. The van der Waals surface area contributed by atoms with Gasteiger partial charge in [-0.2, -0.15) is 5.21 Å². The van der Waals surface area contributed by atoms with Crippen molar-refractivity contribution in [2.75, 3.05) is 7.05 Å². The first kappa shape index (κ1) is 23.0. The molecule has 3 N–H and O–H groups in total. The zero-order valence-corrected chi connectivity index (χ0v) is 18.7. The number of tetrazole rings is 1. The van der Waals surface area contributed by atoms with Gasteiger partial charge in [-0.05, 0) is 44.1 Å². The highest BCUT2D eigenvalue weighted by Crippen LogP contribution is 2.43. The van der Waals surface area contributed by atoms with Crippen molar-refractivity contribution in [2.24, 2.45) is 5.73 Å². The van der Waals surface area contributed by atoms with Crippen LogP contribution >= 0.6 is 0 Å². The molecule has 27 heavy (non-hydrogen) atoms. The van der Waals surface area contributed by atoms with E-state index >= 15 is 0 Å². The van der Waals surface area contributed by atoms with Gasteiger partial charge in [0.05, 0.1) is 6.42 Å². The zero-order chi connectivity index (χ0) is 21.3. The molecule has 0 aliphatic heterocycles. The molecule has 10 nitrogen and oxygen atoms in total. The summed E-state index contributed by atoms with van der Waals surface area (Å²) in [5.74, 6) is -0.631. The number of primary amides is 1. The Bertz CT molecular complexity index is 665. The fraction of sp³-hybridized carbons (Fsp3) is 0.812. The van der Waals surface area contributed by atoms with Crippen LogP contribution in [0.15, 0.2) is 0 Å². The summed E-state index contributed by atoms with van der Waals surface area (Å²) in [5, 5.41) is 13.7. The van der Waals surface area contributed by atoms with E-state index in [0.717, 1.165) is 0 Å². The summed E-state index contributed by atoms with van der Waals surface area (Å²) in [7, 11) is -1.04. The Hall–Kier alpha value is -2.01. The van der Waals surface area contributed by atoms with Gasteiger partial charge in [0.2, 0.25) is 17.5 Å². The maximum Gasteiger partial charge on any atom is 0.412 e. The molecule has 0 aliphatic carbocycles. The molecule has 2 amide bonds. The van der Waals surface area contributed by atoms with Crippen LogP contribution in [0.3, 0.4) is 0 Å². The number of ether oxygens (including phenoxy) is 1. The van der Waals surface area contributed by atoms with Crippen LogP contribution in [0, 0.1) is 0 Å². The second-order valence-corrected chi connectivity index (χ2v) is 13.8. The molecular weight excluding hydrogens is 368 g/mol. The number of carbonyl (C=O) groups excluding carboxylic acids is 2. The molecule has 0 aliphatic rings. The Balaban J connectivity index is 3.53. The van der Waals surface area contributed by atoms with Gasteiger partial charge in [-0.15, -0.1) is 10.2 Å². The van der Waals surface area contributed by atoms with E-state index in [1.54, 1.807) is 20.8 Å². The van der Waals surface area contributed by atoms with E-state index in [4.69, 9.17) is 14.9 Å². The third-order valence-corrected chi connectivity index (χ3v) is 9.01. The molecule has 1 aromatic rings. The minimum absolute atomic E-state index is 0.0412. The monoisotopic (exact) mass is 400 g/mol. The third kappa shape index (κ3) is 5.48. The average Bonchev–Trinajstić information content (AvgIpc) is 2.96. The van der Waals surface area contributed by atoms with Gasteiger partial charge in [-0.25, -0.2) is 4.79 Å². The van der Waals surface area contributed by atoms with Crippen LogP contribution in [0.25, 0.3) is 0 Å². The second-order valence-electron chi connectivity index (χ2n) is 9.06. The van der Waals surface area contributed by atoms with E-state index in [1.165, 1.54) is 11.9 Å². The van der Waals surface area contributed by atoms with E-state index in [2.05, 4.69) is 20.6 Å². The number of hydrogen-bond acceptors (Lipinski definition) is 7. The summed E-state index contributed by atoms with van der Waals surface area (Å²) >= 11 is 0. The van der Waals surface area contributed by atoms with E-state index in [0.29, 0.717) is 0 Å². The Labute approximate surface area is 161 Å². The minimum Gasteiger partial charge on any atom is -0.444 e. The molecule has 1 aromatic heterocycles. The summed E-state index contributed by atoms with van der Waals surface area (Å²) in [6, 6.07) is 0. The summed E-state index contributed by atoms with van der Waals surface area (Å²) in [4.78, 5) is 26.0. The molecule has 1 atom stereocenters. The maximum atomic E-state index is 12.8. The Morgan fingerprint density at radius 2 is 1.74 bits per heavy atom. The predicted molar refractivity (Wildman–Crippen MR) is 102 cm³/mol. The Morgan fingerprint density at radius 1 is 1.19 bits per heavy atom. The lowest BCUT2D eigenvalue weighted by Gasteiger charge is -2.47. The van der Waals surface area contributed by atoms with Crippen molar-refractivity contribution in [1.29, 1.82) is 0 Å². The number of nitrogens with zero attached hydrogens (tertiary/aromatic N) is 4. The summed E-state index contributed by atoms with van der Waals surface area (Å²) < 4.78 is 12.0. The largest absolute Gasteiger partial charge is 0.444 e. The van der Waals surface area contributed by atoms with Crippen molar-refractivity contribution in [3.63, 3.8) is 0 Å². The van der Waals surface area contributed by atoms with Gasteiger partial charge in [0.25, 0.3) is 0 Å². The van der Waals surface area contributed by atoms with Crippen LogP contribution in [0.4, 0.5) is 4.79 Å². The van der Waals surface area contributed by atoms with Crippen molar-refractivity contribution < 1.29 is 18.8 Å². The third-order valence-electron chi connectivity index (χ3n) is 4.55. The number of H-pyrrole nitrogens is 1. The van der Waals surface area contributed by atoms with Crippen LogP contribution in [0.2, 0.25) is 18.1 Å². The van der Waals surface area contributed by atoms with Crippen molar-refractivity contribution in [3.05, 3.63) is 5.82 Å². The fourth-order valence-electron chi connectivity index (χ4n) is 2.11. The van der Waals surface area contributed by atoms with Crippen LogP contribution < -0.4 is 5.73 Å². The molecule has 0 radical (unpaired) electrons. The smallest absolute Gasteiger partial charge is 0.412 e. The lowest BCUT2D eigenvalue weighted by Crippen LogP contribution is -2.59. The van der Waals surface area contributed by atoms with Crippen LogP contribution in [-0.2, 0) is 19.7 Å². The van der Waals surface area contributed by atoms with Crippen LogP contribution in [0.5, 0.6) is 0 Å². The van der Waals surface area contributed by atoms with Crippen molar-refractivity contribution in [1.82, 2.24) is 25.5 Å². The van der Waals surface area contributed by atoms with Crippen LogP contribution in [0.1, 0.15) is 53.8 Å². The molecule has 0 bridgehead atoms. The highest BCUT2D eigenvalue weighted by atomic mass is 28.4. The van der Waals surface area contributed by atoms with Gasteiger partial charge in [0, 0.05) is 7.05 Å². The standard InChI is InChI=1S/C16H32N6O4Si/c1-14(2,3)25-13(24)22(7)16(10-11(17)23,12-18-20-21-19-12)26-27(8,9)15(4,5)6/h10H2,1-9H3,(H2,17,23)(H,18,19,20,21)/t16-/m1/s1. The van der Waals surface area contributed by atoms with Gasteiger partial charge in [0.15, 0.2) is 8.32 Å². The Kier molecular flexibility index (Phi) is 6.43. The highest BCUT2D eigenvalue weighted by molar-refractivity contribution is 6.74. The van der Waals surface area contributed by atoms with Crippen molar-refractivity contribution >= 4 is 20.3 Å². The molecule has 0 saturated heterocycles. The van der Waals surface area contributed by atoms with Gasteiger partial charge < -0.3 is 14.9 Å². The van der Waals surface area contributed by atoms with Gasteiger partial charge in [0.1, 0.15) is 5.60 Å². The molecule has 1 heterocycles. The van der Waals surface area contributed by atoms with Gasteiger partial charge >= 0.3 is 6.09 Å².